The van der Waals surface area contributed by atoms with Crippen LogP contribution >= 0.6 is 0 Å². The fourth-order valence-corrected chi connectivity index (χ4v) is 2.48. The van der Waals surface area contributed by atoms with Crippen molar-refractivity contribution in [2.24, 2.45) is 10.7 Å². The van der Waals surface area contributed by atoms with Crippen molar-refractivity contribution < 1.29 is 24.1 Å². The van der Waals surface area contributed by atoms with Gasteiger partial charge in [-0.15, -0.1) is 0 Å². The third-order valence-corrected chi connectivity index (χ3v) is 3.63. The third-order valence-electron chi connectivity index (χ3n) is 3.63. The van der Waals surface area contributed by atoms with E-state index in [4.69, 9.17) is 19.9 Å². The van der Waals surface area contributed by atoms with Gasteiger partial charge in [-0.3, -0.25) is 9.79 Å². The van der Waals surface area contributed by atoms with Crippen molar-refractivity contribution in [3.8, 4) is 0 Å². The molecule has 0 unspecified atom stereocenters. The largest absolute Gasteiger partial charge is 0.387 e. The average molecular weight is 353 g/mol. The maximum absolute atomic E-state index is 12.1. The number of nitrogens with zero attached hydrogens (tertiary/aromatic N) is 1. The van der Waals surface area contributed by atoms with Gasteiger partial charge in [0.15, 0.2) is 0 Å². The second-order valence-electron chi connectivity index (χ2n) is 5.90. The molecule has 0 aromatic carbocycles. The molecule has 0 bridgehead atoms. The predicted molar refractivity (Wildman–Crippen MR) is 94.8 cm³/mol. The number of carbonyl (C=O) groups excluding carboxylic acids is 1. The van der Waals surface area contributed by atoms with Crippen molar-refractivity contribution >= 4 is 12.1 Å². The first-order chi connectivity index (χ1) is 11.7. The normalized spacial score (nSPS) is 25.8. The highest BCUT2D eigenvalue weighted by Crippen LogP contribution is 2.27. The molecule has 0 radical (unpaired) electrons. The van der Waals surface area contributed by atoms with Crippen LogP contribution in [0.5, 0.6) is 0 Å². The lowest BCUT2D eigenvalue weighted by Gasteiger charge is -2.17. The number of methoxy groups -OCH3 is 2. The van der Waals surface area contributed by atoms with Gasteiger partial charge < -0.3 is 30.4 Å². The van der Waals surface area contributed by atoms with Crippen LogP contribution in [0.1, 0.15) is 13.8 Å². The van der Waals surface area contributed by atoms with Crippen LogP contribution in [0.4, 0.5) is 0 Å². The molecule has 8 nitrogen and oxygen atoms in total. The van der Waals surface area contributed by atoms with Gasteiger partial charge in [-0.2, -0.15) is 0 Å². The van der Waals surface area contributed by atoms with Crippen molar-refractivity contribution in [3.63, 3.8) is 0 Å². The van der Waals surface area contributed by atoms with Gasteiger partial charge in [0, 0.05) is 20.4 Å². The molecule has 0 saturated carbocycles. The zero-order valence-corrected chi connectivity index (χ0v) is 15.1. The smallest absolute Gasteiger partial charge is 0.275 e. The first-order valence-corrected chi connectivity index (χ1v) is 7.74. The van der Waals surface area contributed by atoms with Crippen LogP contribution < -0.4 is 11.1 Å². The number of allylic oxidation sites excluding steroid dienone is 1. The molecule has 1 amide bonds. The van der Waals surface area contributed by atoms with E-state index < -0.39 is 30.3 Å². The van der Waals surface area contributed by atoms with E-state index in [1.807, 2.05) is 0 Å². The van der Waals surface area contributed by atoms with E-state index in [-0.39, 0.29) is 18.1 Å². The summed E-state index contributed by atoms with van der Waals surface area (Å²) >= 11 is 0. The minimum absolute atomic E-state index is 0.0256. The van der Waals surface area contributed by atoms with Crippen molar-refractivity contribution in [2.45, 2.75) is 38.3 Å². The molecule has 140 valence electrons. The highest BCUT2D eigenvalue weighted by atomic mass is 16.6. The third kappa shape index (κ3) is 5.50. The number of hydrogen-bond acceptors (Lipinski definition) is 7. The van der Waals surface area contributed by atoms with Gasteiger partial charge in [-0.25, -0.2) is 0 Å². The van der Waals surface area contributed by atoms with E-state index in [0.29, 0.717) is 11.1 Å². The molecular weight excluding hydrogens is 326 g/mol. The summed E-state index contributed by atoms with van der Waals surface area (Å²) in [5, 5.41) is 12.8. The summed E-state index contributed by atoms with van der Waals surface area (Å²) in [6, 6.07) is 0. The zero-order valence-electron chi connectivity index (χ0n) is 15.1. The molecule has 4 N–H and O–H groups in total. The van der Waals surface area contributed by atoms with Crippen LogP contribution in [0.3, 0.4) is 0 Å². The Morgan fingerprint density at radius 2 is 2.04 bits per heavy atom. The lowest BCUT2D eigenvalue weighted by atomic mass is 10.0. The predicted octanol–water partition coefficient (Wildman–Crippen LogP) is 0.243. The Morgan fingerprint density at radius 3 is 2.52 bits per heavy atom. The molecule has 0 spiro atoms. The Hall–Kier alpha value is -2.00. The summed E-state index contributed by atoms with van der Waals surface area (Å²) in [6.07, 6.45) is -1.21. The number of nitrogens with two attached hydrogens (primary N) is 1. The number of ether oxygens (including phenoxy) is 3. The number of amides is 1. The summed E-state index contributed by atoms with van der Waals surface area (Å²) in [5.41, 5.74) is 6.65. The first-order valence-electron chi connectivity index (χ1n) is 7.74. The van der Waals surface area contributed by atoms with Gasteiger partial charge in [0.2, 0.25) is 0 Å². The Kier molecular flexibility index (Phi) is 7.98. The summed E-state index contributed by atoms with van der Waals surface area (Å²) in [7, 11) is 3.03. The second kappa shape index (κ2) is 9.47. The van der Waals surface area contributed by atoms with Gasteiger partial charge in [-0.1, -0.05) is 13.2 Å². The van der Waals surface area contributed by atoms with Crippen molar-refractivity contribution in [3.05, 3.63) is 35.8 Å². The quantitative estimate of drug-likeness (QED) is 0.425. The number of carbonyl (C=O) groups is 1. The fourth-order valence-electron chi connectivity index (χ4n) is 2.48. The Labute approximate surface area is 148 Å². The van der Waals surface area contributed by atoms with Gasteiger partial charge >= 0.3 is 0 Å². The van der Waals surface area contributed by atoms with E-state index >= 15 is 0 Å². The van der Waals surface area contributed by atoms with Gasteiger partial charge in [-0.05, 0) is 25.0 Å². The summed E-state index contributed by atoms with van der Waals surface area (Å²) in [5.74, 6) is -0.450. The van der Waals surface area contributed by atoms with Crippen LogP contribution in [0.25, 0.3) is 0 Å². The standard InChI is InChI=1S/C17H27N3O5/c1-9(2)13(17(22)20-11(4)18)19-7-10(3)15-14(21)16(24-6)12(25-15)8-23-5/h7,12,14-16,21H,3-4,8,18H2,1-2,5-6H3,(H,20,22)/t12-,14-,15+,16+/m1/s1. The van der Waals surface area contributed by atoms with Gasteiger partial charge in [0.25, 0.3) is 5.91 Å². The number of nitrogens with one attached hydrogen (secondary N) is 1. The van der Waals surface area contributed by atoms with Crippen molar-refractivity contribution in [1.82, 2.24) is 5.32 Å². The summed E-state index contributed by atoms with van der Waals surface area (Å²) in [6.45, 7) is 11.1. The minimum Gasteiger partial charge on any atom is -0.387 e. The maximum Gasteiger partial charge on any atom is 0.275 e. The molecule has 1 saturated heterocycles. The van der Waals surface area contributed by atoms with E-state index in [0.717, 1.165) is 0 Å². The Bertz CT molecular complexity index is 581. The van der Waals surface area contributed by atoms with Crippen LogP contribution in [-0.2, 0) is 19.0 Å². The van der Waals surface area contributed by atoms with Crippen LogP contribution in [0.15, 0.2) is 40.8 Å². The lowest BCUT2D eigenvalue weighted by Crippen LogP contribution is -2.36. The molecule has 4 atom stereocenters. The molecule has 1 aliphatic rings. The fraction of sp³-hybridized carbons (Fsp3) is 0.529. The lowest BCUT2D eigenvalue weighted by molar-refractivity contribution is -0.116. The Balaban J connectivity index is 2.89. The zero-order chi connectivity index (χ0) is 19.1. The minimum atomic E-state index is -0.920. The SMILES string of the molecule is C=C(N)NC(=O)C(N=CC(=C)[C@@H]1O[C@H](COC)[C@H](OC)[C@@H]1O)=C(C)C. The molecular formula is C17H27N3O5. The highest BCUT2D eigenvalue weighted by Gasteiger charge is 2.44. The molecule has 0 aliphatic carbocycles. The van der Waals surface area contributed by atoms with E-state index in [1.54, 1.807) is 13.8 Å². The van der Waals surface area contributed by atoms with Crippen LogP contribution in [0.2, 0.25) is 0 Å². The topological polar surface area (TPSA) is 115 Å². The summed E-state index contributed by atoms with van der Waals surface area (Å²) < 4.78 is 16.1. The first kappa shape index (κ1) is 21.0. The van der Waals surface area contributed by atoms with Crippen molar-refractivity contribution in [1.29, 1.82) is 0 Å². The van der Waals surface area contributed by atoms with Gasteiger partial charge in [0.05, 0.1) is 12.4 Å². The number of aliphatic hydroxyl groups excluding tert-OH is 1. The monoisotopic (exact) mass is 353 g/mol. The molecule has 1 rings (SSSR count). The average Bonchev–Trinajstić information content (AvgIpc) is 2.82. The molecule has 1 aliphatic heterocycles. The molecule has 1 heterocycles. The second-order valence-corrected chi connectivity index (χ2v) is 5.90. The maximum atomic E-state index is 12.1. The van der Waals surface area contributed by atoms with Crippen molar-refractivity contribution in [2.75, 3.05) is 20.8 Å². The number of aliphatic imine (C=N–C) groups is 1. The molecule has 0 aromatic rings. The number of rotatable bonds is 8. The number of hydrogen-bond donors (Lipinski definition) is 3. The van der Waals surface area contributed by atoms with E-state index in [9.17, 15) is 9.90 Å². The summed E-state index contributed by atoms with van der Waals surface area (Å²) in [4.78, 5) is 16.2. The molecule has 25 heavy (non-hydrogen) atoms. The number of aliphatic hydroxyl groups is 1. The van der Waals surface area contributed by atoms with E-state index in [1.165, 1.54) is 20.4 Å². The molecule has 0 aromatic heterocycles. The highest BCUT2D eigenvalue weighted by molar-refractivity contribution is 5.97. The van der Waals surface area contributed by atoms with Crippen LogP contribution in [0, 0.1) is 0 Å². The van der Waals surface area contributed by atoms with Gasteiger partial charge in [0.1, 0.15) is 30.1 Å². The van der Waals surface area contributed by atoms with E-state index in [2.05, 4.69) is 23.5 Å². The molecule has 1 fully saturated rings. The Morgan fingerprint density at radius 1 is 1.40 bits per heavy atom. The van der Waals surface area contributed by atoms with Crippen LogP contribution in [-0.4, -0.2) is 62.5 Å². The molecule has 8 heteroatoms.